The van der Waals surface area contributed by atoms with Crippen molar-refractivity contribution in [3.05, 3.63) is 142 Å². The first-order chi connectivity index (χ1) is 20.8. The van der Waals surface area contributed by atoms with Gasteiger partial charge < -0.3 is 28.9 Å². The first kappa shape index (κ1) is 28.3. The molecule has 218 valence electrons. The predicted molar refractivity (Wildman–Crippen MR) is 151 cm³/mol. The maximum Gasteiger partial charge on any atom is 0.164 e. The summed E-state index contributed by atoms with van der Waals surface area (Å²) in [6.45, 7) is 0. The molecule has 0 aliphatic heterocycles. The largest absolute Gasteiger partial charge is 0.595 e. The van der Waals surface area contributed by atoms with Crippen molar-refractivity contribution in [2.24, 2.45) is 0 Å². The summed E-state index contributed by atoms with van der Waals surface area (Å²) in [7, 11) is 0. The average Bonchev–Trinajstić information content (AvgIpc) is 3.80. The second-order valence-electron chi connectivity index (χ2n) is 9.70. The number of furan rings is 3. The van der Waals surface area contributed by atoms with Crippen LogP contribution in [0.3, 0.4) is 0 Å². The molecule has 6 rings (SSSR count). The Kier molecular flexibility index (Phi) is 7.75. The van der Waals surface area contributed by atoms with Crippen molar-refractivity contribution in [3.8, 4) is 34.0 Å². The number of hydrogen-bond donors (Lipinski definition) is 6. The summed E-state index contributed by atoms with van der Waals surface area (Å²) < 4.78 is 18.7. The fraction of sp³-hybridized carbons (Fsp3) is 0.0323. The molecule has 3 heterocycles. The van der Waals surface area contributed by atoms with Crippen molar-refractivity contribution in [1.82, 2.24) is 0 Å². The molecule has 6 N–H and O–H groups in total. The van der Waals surface area contributed by atoms with Gasteiger partial charge in [0.05, 0.1) is 0 Å². The molecule has 0 aliphatic rings. The van der Waals surface area contributed by atoms with Crippen LogP contribution >= 0.6 is 0 Å². The van der Waals surface area contributed by atoms with Crippen LogP contribution < -0.4 is 15.7 Å². The lowest BCUT2D eigenvalue weighted by Crippen LogP contribution is -2.99. The molecule has 0 amide bonds. The minimum absolute atomic E-state index is 0.116. The topological polar surface area (TPSA) is 183 Å². The zero-order valence-corrected chi connectivity index (χ0v) is 22.3. The Morgan fingerprint density at radius 1 is 0.442 bits per heavy atom. The van der Waals surface area contributed by atoms with E-state index in [1.54, 1.807) is 72.8 Å². The maximum atomic E-state index is 11.5. The second kappa shape index (κ2) is 11.8. The Bertz CT molecular complexity index is 1640. The monoisotopic (exact) mass is 583 g/mol. The van der Waals surface area contributed by atoms with Crippen LogP contribution in [-0.2, 0) is 0 Å². The van der Waals surface area contributed by atoms with Crippen LogP contribution in [0.2, 0.25) is 0 Å². The summed E-state index contributed by atoms with van der Waals surface area (Å²) in [5.74, 6) is 1.94. The molecule has 3 aromatic carbocycles. The van der Waals surface area contributed by atoms with Gasteiger partial charge in [-0.1, -0.05) is 36.4 Å². The molecule has 12 heteroatoms. The van der Waals surface area contributed by atoms with E-state index in [2.05, 4.69) is 0 Å². The van der Waals surface area contributed by atoms with E-state index in [0.717, 1.165) is 0 Å². The van der Waals surface area contributed by atoms with Crippen molar-refractivity contribution in [2.45, 2.75) is 5.92 Å². The van der Waals surface area contributed by atoms with Crippen LogP contribution in [0.1, 0.15) is 23.2 Å². The van der Waals surface area contributed by atoms with Crippen molar-refractivity contribution >= 4 is 17.1 Å². The van der Waals surface area contributed by atoms with Gasteiger partial charge in [0.1, 0.15) is 40.5 Å². The van der Waals surface area contributed by atoms with Gasteiger partial charge in [0.2, 0.25) is 0 Å². The Morgan fingerprint density at radius 2 is 0.744 bits per heavy atom. The maximum absolute atomic E-state index is 11.5. The lowest BCUT2D eigenvalue weighted by molar-refractivity contribution is -0.991. The molecule has 3 atom stereocenters. The molecular weight excluding hydrogens is 558 g/mol. The summed E-state index contributed by atoms with van der Waals surface area (Å²) in [6.07, 6.45) is 0. The minimum Gasteiger partial charge on any atom is -0.595 e. The summed E-state index contributed by atoms with van der Waals surface area (Å²) in [5.41, 5.74) is 2.06. The molecule has 0 fully saturated rings. The first-order valence-corrected chi connectivity index (χ1v) is 13.1. The molecule has 0 saturated heterocycles. The van der Waals surface area contributed by atoms with Gasteiger partial charge in [0.25, 0.3) is 0 Å². The predicted octanol–water partition coefficient (Wildman–Crippen LogP) is 3.86. The fourth-order valence-electron chi connectivity index (χ4n) is 4.83. The highest BCUT2D eigenvalue weighted by Crippen LogP contribution is 2.40. The highest BCUT2D eigenvalue weighted by molar-refractivity contribution is 5.64. The van der Waals surface area contributed by atoms with Crippen molar-refractivity contribution in [2.75, 3.05) is 0 Å². The van der Waals surface area contributed by atoms with Gasteiger partial charge in [-0.15, -0.1) is 0 Å². The number of nitrogens with one attached hydrogen (secondary N) is 3. The van der Waals surface area contributed by atoms with Gasteiger partial charge in [-0.2, -0.15) is 15.7 Å². The summed E-state index contributed by atoms with van der Waals surface area (Å²) >= 11 is 0. The van der Waals surface area contributed by atoms with E-state index in [9.17, 15) is 31.2 Å². The van der Waals surface area contributed by atoms with Gasteiger partial charge in [-0.25, -0.2) is 15.6 Å². The van der Waals surface area contributed by atoms with Crippen molar-refractivity contribution in [3.63, 3.8) is 0 Å². The molecule has 0 aliphatic carbocycles. The van der Waals surface area contributed by atoms with E-state index in [-0.39, 0.29) is 17.1 Å². The normalized spacial score (nSPS) is 14.4. The van der Waals surface area contributed by atoms with Crippen molar-refractivity contribution < 1.29 is 44.6 Å². The highest BCUT2D eigenvalue weighted by Gasteiger charge is 2.28. The van der Waals surface area contributed by atoms with Crippen LogP contribution in [-0.4, -0.2) is 15.6 Å². The second-order valence-corrected chi connectivity index (χ2v) is 9.70. The fourth-order valence-corrected chi connectivity index (χ4v) is 4.83. The van der Waals surface area contributed by atoms with Crippen LogP contribution in [0.15, 0.2) is 122 Å². The Morgan fingerprint density at radius 3 is 1.02 bits per heavy atom. The smallest absolute Gasteiger partial charge is 0.164 e. The Balaban J connectivity index is 1.42. The number of rotatable bonds is 9. The SMILES string of the molecule is [O-][NH+](O)c1cccc(-c2ccc(C(c3ccc(-c4cccc([NH+]([O-])O)c4)o3)c3ccc(-c4cccc([NH+]([O-])O)c4)o3)o2)c1. The van der Waals surface area contributed by atoms with Crippen molar-refractivity contribution in [1.29, 1.82) is 0 Å². The molecule has 0 saturated carbocycles. The number of hydrogen-bond acceptors (Lipinski definition) is 9. The van der Waals surface area contributed by atoms with E-state index in [0.29, 0.717) is 51.3 Å². The standard InChI is InChI=1S/C31H25N3O9/c35-32(36)22-7-1-4-19(16-22)25-10-13-28(41-25)31(29-14-11-26(42-29)20-5-2-8-23(17-20)33(37)38)30-15-12-27(43-30)21-6-3-9-24(18-21)34(39)40/h1-18,31-35,37,39H. The highest BCUT2D eigenvalue weighted by atomic mass is 16.8. The van der Waals surface area contributed by atoms with Crippen LogP contribution in [0, 0.1) is 15.6 Å². The molecule has 0 radical (unpaired) electrons. The number of benzene rings is 3. The van der Waals surface area contributed by atoms with E-state index in [4.69, 9.17) is 13.3 Å². The average molecular weight is 584 g/mol. The van der Waals surface area contributed by atoms with Gasteiger partial charge in [0, 0.05) is 53.1 Å². The van der Waals surface area contributed by atoms with Gasteiger partial charge in [-0.05, 0) is 36.4 Å². The minimum atomic E-state index is -1.06. The molecule has 3 aromatic heterocycles. The summed E-state index contributed by atoms with van der Waals surface area (Å²) in [5, 5.41) is 59.6. The summed E-state index contributed by atoms with van der Waals surface area (Å²) in [4.78, 5) is 0. The zero-order valence-electron chi connectivity index (χ0n) is 22.3. The van der Waals surface area contributed by atoms with E-state index >= 15 is 0 Å². The number of quaternary nitrogens is 3. The molecule has 6 aromatic rings. The lowest BCUT2D eigenvalue weighted by atomic mass is 10.0. The van der Waals surface area contributed by atoms with Gasteiger partial charge >= 0.3 is 0 Å². The van der Waals surface area contributed by atoms with E-state index < -0.39 is 21.6 Å². The molecule has 3 unspecified atom stereocenters. The van der Waals surface area contributed by atoms with Crippen LogP contribution in [0.5, 0.6) is 0 Å². The summed E-state index contributed by atoms with van der Waals surface area (Å²) in [6, 6.07) is 29.5. The third-order valence-corrected chi connectivity index (χ3v) is 6.92. The van der Waals surface area contributed by atoms with Gasteiger partial charge in [-0.3, -0.25) is 0 Å². The van der Waals surface area contributed by atoms with Crippen LogP contribution in [0.25, 0.3) is 34.0 Å². The van der Waals surface area contributed by atoms with E-state index in [1.165, 1.54) is 36.4 Å². The Hall–Kier alpha value is -4.86. The van der Waals surface area contributed by atoms with Gasteiger partial charge in [0.15, 0.2) is 17.1 Å². The third-order valence-electron chi connectivity index (χ3n) is 6.92. The zero-order chi connectivity index (χ0) is 30.1. The van der Waals surface area contributed by atoms with E-state index in [1.807, 2.05) is 0 Å². The quantitative estimate of drug-likeness (QED) is 0.138. The lowest BCUT2D eigenvalue weighted by Gasteiger charge is -2.13. The molecule has 12 nitrogen and oxygen atoms in total. The first-order valence-electron chi connectivity index (χ1n) is 13.1. The Labute approximate surface area is 243 Å². The molecule has 43 heavy (non-hydrogen) atoms. The molecule has 0 bridgehead atoms. The molecular formula is C31H25N3O9. The molecule has 0 spiro atoms. The third kappa shape index (κ3) is 5.90. The van der Waals surface area contributed by atoms with Crippen LogP contribution in [0.4, 0.5) is 17.1 Å².